The summed E-state index contributed by atoms with van der Waals surface area (Å²) in [4.78, 5) is 2.45. The molecule has 0 bridgehead atoms. The van der Waals surface area contributed by atoms with Crippen LogP contribution < -0.4 is 5.32 Å². The van der Waals surface area contributed by atoms with Gasteiger partial charge in [0.25, 0.3) is 0 Å². The fourth-order valence-corrected chi connectivity index (χ4v) is 2.94. The van der Waals surface area contributed by atoms with Crippen LogP contribution in [0.1, 0.15) is 25.8 Å². The third-order valence-electron chi connectivity index (χ3n) is 3.51. The molecular formula is C14H21BrN2. The number of likely N-dealkylation sites (N-methyl/N-ethyl adjacent to an activating group) is 1. The van der Waals surface area contributed by atoms with Crippen LogP contribution in [0, 0.1) is 0 Å². The van der Waals surface area contributed by atoms with Gasteiger partial charge in [-0.3, -0.25) is 4.90 Å². The van der Waals surface area contributed by atoms with Gasteiger partial charge in [0.05, 0.1) is 0 Å². The fourth-order valence-electron chi connectivity index (χ4n) is 2.49. The van der Waals surface area contributed by atoms with Crippen LogP contribution in [0.25, 0.3) is 0 Å². The molecule has 1 atom stereocenters. The van der Waals surface area contributed by atoms with Gasteiger partial charge in [-0.2, -0.15) is 0 Å². The van der Waals surface area contributed by atoms with E-state index in [-0.39, 0.29) is 5.54 Å². The molecule has 0 saturated carbocycles. The van der Waals surface area contributed by atoms with Gasteiger partial charge in [0.2, 0.25) is 0 Å². The van der Waals surface area contributed by atoms with E-state index in [0.29, 0.717) is 6.04 Å². The van der Waals surface area contributed by atoms with Gasteiger partial charge in [-0.15, -0.1) is 0 Å². The van der Waals surface area contributed by atoms with E-state index in [1.807, 2.05) is 0 Å². The van der Waals surface area contributed by atoms with Crippen molar-refractivity contribution < 1.29 is 0 Å². The van der Waals surface area contributed by atoms with Crippen LogP contribution >= 0.6 is 15.9 Å². The maximum Gasteiger partial charge on any atom is 0.0238 e. The van der Waals surface area contributed by atoms with E-state index in [1.54, 1.807) is 0 Å². The van der Waals surface area contributed by atoms with Gasteiger partial charge in [-0.25, -0.2) is 0 Å². The van der Waals surface area contributed by atoms with Crippen LogP contribution in [0.5, 0.6) is 0 Å². The highest BCUT2D eigenvalue weighted by Crippen LogP contribution is 2.23. The summed E-state index contributed by atoms with van der Waals surface area (Å²) in [6, 6.07) is 9.20. The molecule has 1 unspecified atom stereocenters. The third kappa shape index (κ3) is 3.54. The molecule has 0 spiro atoms. The van der Waals surface area contributed by atoms with Crippen LogP contribution in [0.4, 0.5) is 0 Å². The van der Waals surface area contributed by atoms with Gasteiger partial charge in [0.15, 0.2) is 0 Å². The fraction of sp³-hybridized carbons (Fsp3) is 0.571. The zero-order valence-electron chi connectivity index (χ0n) is 10.8. The number of rotatable bonds is 3. The van der Waals surface area contributed by atoms with Crippen LogP contribution in [0.15, 0.2) is 28.7 Å². The van der Waals surface area contributed by atoms with Crippen molar-refractivity contribution in [3.05, 3.63) is 34.3 Å². The average molecular weight is 297 g/mol. The smallest absolute Gasteiger partial charge is 0.0238 e. The van der Waals surface area contributed by atoms with E-state index in [4.69, 9.17) is 0 Å². The molecule has 0 aromatic heterocycles. The Kier molecular flexibility index (Phi) is 3.91. The molecule has 0 aliphatic carbocycles. The average Bonchev–Trinajstić information content (AvgIpc) is 2.59. The second-order valence-electron chi connectivity index (χ2n) is 5.67. The van der Waals surface area contributed by atoms with Crippen molar-refractivity contribution in [1.29, 1.82) is 0 Å². The summed E-state index contributed by atoms with van der Waals surface area (Å²) < 4.78 is 1.16. The normalized spacial score (nSPS) is 23.2. The van der Waals surface area contributed by atoms with Gasteiger partial charge in [-0.05, 0) is 45.0 Å². The highest BCUT2D eigenvalue weighted by Gasteiger charge is 2.32. The molecule has 2 nitrogen and oxygen atoms in total. The molecule has 1 aromatic carbocycles. The molecule has 2 rings (SSSR count). The van der Waals surface area contributed by atoms with Crippen LogP contribution in [-0.2, 0) is 6.54 Å². The lowest BCUT2D eigenvalue weighted by atomic mass is 10.0. The summed E-state index contributed by atoms with van der Waals surface area (Å²) in [5.74, 6) is 0. The topological polar surface area (TPSA) is 15.3 Å². The maximum atomic E-state index is 3.57. The summed E-state index contributed by atoms with van der Waals surface area (Å²) in [6.07, 6.45) is 1.22. The van der Waals surface area contributed by atoms with Crippen molar-refractivity contribution in [2.45, 2.75) is 38.4 Å². The van der Waals surface area contributed by atoms with Gasteiger partial charge in [0, 0.05) is 29.1 Å². The van der Waals surface area contributed by atoms with Crippen molar-refractivity contribution in [3.63, 3.8) is 0 Å². The van der Waals surface area contributed by atoms with E-state index < -0.39 is 0 Å². The summed E-state index contributed by atoms with van der Waals surface area (Å²) in [5, 5.41) is 3.57. The molecule has 1 saturated heterocycles. The summed E-state index contributed by atoms with van der Waals surface area (Å²) >= 11 is 3.52. The molecule has 1 N–H and O–H groups in total. The Morgan fingerprint density at radius 2 is 2.24 bits per heavy atom. The molecule has 3 heteroatoms. The molecule has 0 amide bonds. The minimum absolute atomic E-state index is 0.288. The number of nitrogens with zero attached hydrogens (tertiary/aromatic N) is 1. The first-order chi connectivity index (χ1) is 7.96. The zero-order chi connectivity index (χ0) is 12.5. The Bertz CT molecular complexity index is 390. The van der Waals surface area contributed by atoms with Crippen molar-refractivity contribution in [2.75, 3.05) is 13.6 Å². The highest BCUT2D eigenvalue weighted by molar-refractivity contribution is 9.10. The second kappa shape index (κ2) is 5.09. The lowest BCUT2D eigenvalue weighted by molar-refractivity contribution is 0.240. The third-order valence-corrected chi connectivity index (χ3v) is 4.00. The van der Waals surface area contributed by atoms with Gasteiger partial charge < -0.3 is 5.32 Å². The Hall–Kier alpha value is -0.380. The molecule has 1 aromatic rings. The summed E-state index contributed by atoms with van der Waals surface area (Å²) in [7, 11) is 2.22. The Morgan fingerprint density at radius 3 is 2.82 bits per heavy atom. The van der Waals surface area contributed by atoms with Crippen molar-refractivity contribution in [2.24, 2.45) is 0 Å². The van der Waals surface area contributed by atoms with E-state index in [1.165, 1.54) is 12.0 Å². The molecular weight excluding hydrogens is 276 g/mol. The molecule has 17 heavy (non-hydrogen) atoms. The first kappa shape index (κ1) is 13.1. The Labute approximate surface area is 113 Å². The Morgan fingerprint density at radius 1 is 1.47 bits per heavy atom. The molecule has 94 valence electrons. The summed E-state index contributed by atoms with van der Waals surface area (Å²) in [6.45, 7) is 6.67. The monoisotopic (exact) mass is 296 g/mol. The van der Waals surface area contributed by atoms with Crippen molar-refractivity contribution in [3.8, 4) is 0 Å². The predicted octanol–water partition coefficient (Wildman–Crippen LogP) is 3.02. The number of halogens is 1. The van der Waals surface area contributed by atoms with Crippen LogP contribution in [-0.4, -0.2) is 30.1 Å². The van der Waals surface area contributed by atoms with E-state index in [9.17, 15) is 0 Å². The number of hydrogen-bond acceptors (Lipinski definition) is 2. The van der Waals surface area contributed by atoms with Crippen LogP contribution in [0.2, 0.25) is 0 Å². The molecule has 1 heterocycles. The molecule has 1 aliphatic rings. The minimum Gasteiger partial charge on any atom is -0.310 e. The first-order valence-corrected chi connectivity index (χ1v) is 6.95. The Balaban J connectivity index is 1.96. The largest absolute Gasteiger partial charge is 0.310 e. The van der Waals surface area contributed by atoms with E-state index in [0.717, 1.165) is 17.6 Å². The summed E-state index contributed by atoms with van der Waals surface area (Å²) in [5.41, 5.74) is 1.66. The predicted molar refractivity (Wildman–Crippen MR) is 76.1 cm³/mol. The number of hydrogen-bond donors (Lipinski definition) is 1. The SMILES string of the molecule is CN(Cc1cccc(Br)c1)C1CNC(C)(C)C1. The standard InChI is InChI=1S/C14H21BrN2/c1-14(2)8-13(9-16-14)17(3)10-11-5-4-6-12(15)7-11/h4-7,13,16H,8-10H2,1-3H3. The number of benzene rings is 1. The van der Waals surface area contributed by atoms with Gasteiger partial charge >= 0.3 is 0 Å². The van der Waals surface area contributed by atoms with E-state index in [2.05, 4.69) is 71.3 Å². The number of nitrogens with one attached hydrogen (secondary N) is 1. The highest BCUT2D eigenvalue weighted by atomic mass is 79.9. The maximum absolute atomic E-state index is 3.57. The van der Waals surface area contributed by atoms with Gasteiger partial charge in [0.1, 0.15) is 0 Å². The molecule has 1 aliphatic heterocycles. The lowest BCUT2D eigenvalue weighted by Crippen LogP contribution is -2.32. The quantitative estimate of drug-likeness (QED) is 0.922. The van der Waals surface area contributed by atoms with Crippen molar-refractivity contribution in [1.82, 2.24) is 10.2 Å². The van der Waals surface area contributed by atoms with E-state index >= 15 is 0 Å². The van der Waals surface area contributed by atoms with Crippen molar-refractivity contribution >= 4 is 15.9 Å². The first-order valence-electron chi connectivity index (χ1n) is 6.16. The second-order valence-corrected chi connectivity index (χ2v) is 6.58. The zero-order valence-corrected chi connectivity index (χ0v) is 12.4. The molecule has 0 radical (unpaired) electrons. The lowest BCUT2D eigenvalue weighted by Gasteiger charge is -2.25. The van der Waals surface area contributed by atoms with Gasteiger partial charge in [-0.1, -0.05) is 28.1 Å². The minimum atomic E-state index is 0.288. The molecule has 1 fully saturated rings. The van der Waals surface area contributed by atoms with Crippen LogP contribution in [0.3, 0.4) is 0 Å².